The summed E-state index contributed by atoms with van der Waals surface area (Å²) < 4.78 is 17.9. The zero-order valence-electron chi connectivity index (χ0n) is 9.25. The van der Waals surface area contributed by atoms with Crippen LogP contribution >= 0.6 is 0 Å². The molecule has 0 radical (unpaired) electrons. The Hall–Kier alpha value is -1.46. The van der Waals surface area contributed by atoms with E-state index in [1.54, 1.807) is 13.0 Å². The molecule has 0 bridgehead atoms. The number of nitrogens with one attached hydrogen (secondary N) is 1. The highest BCUT2D eigenvalue weighted by Gasteiger charge is 2.07. The average Bonchev–Trinajstić information content (AvgIpc) is 2.28. The van der Waals surface area contributed by atoms with E-state index in [1.807, 2.05) is 0 Å². The molecular weight excluding hydrogens is 213 g/mol. The molecule has 5 heteroatoms. The van der Waals surface area contributed by atoms with Crippen LogP contribution in [0, 0.1) is 12.7 Å². The Bertz CT molecular complexity index is 368. The largest absolute Gasteiger partial charge is 0.382 e. The molecule has 1 N–H and O–H groups in total. The van der Waals surface area contributed by atoms with Crippen LogP contribution in [0.2, 0.25) is 0 Å². The summed E-state index contributed by atoms with van der Waals surface area (Å²) in [7, 11) is 1.53. The second kappa shape index (κ2) is 6.19. The maximum atomic E-state index is 13.1. The molecule has 1 amide bonds. The molecule has 1 rings (SSSR count). The Balaban J connectivity index is 2.50. The lowest BCUT2D eigenvalue weighted by molar-refractivity contribution is 0.00886. The van der Waals surface area contributed by atoms with Crippen LogP contribution in [0.5, 0.6) is 0 Å². The highest BCUT2D eigenvalue weighted by Crippen LogP contribution is 2.08. The minimum absolute atomic E-state index is 0.223. The first-order valence-electron chi connectivity index (χ1n) is 4.82. The van der Waals surface area contributed by atoms with Crippen LogP contribution in [0.25, 0.3) is 0 Å². The molecular formula is C11H14FNO3. The fraction of sp³-hybridized carbons (Fsp3) is 0.364. The highest BCUT2D eigenvalue weighted by atomic mass is 19.1. The summed E-state index contributed by atoms with van der Waals surface area (Å²) in [6.07, 6.45) is 0. The van der Waals surface area contributed by atoms with E-state index in [2.05, 4.69) is 5.48 Å². The molecule has 4 nitrogen and oxygen atoms in total. The molecule has 1 aromatic rings. The van der Waals surface area contributed by atoms with Crippen molar-refractivity contribution in [2.75, 3.05) is 20.3 Å². The molecule has 0 saturated carbocycles. The van der Waals surface area contributed by atoms with E-state index in [4.69, 9.17) is 9.57 Å². The molecule has 0 fully saturated rings. The Labute approximate surface area is 93.3 Å². The van der Waals surface area contributed by atoms with Crippen LogP contribution in [0.15, 0.2) is 18.2 Å². The van der Waals surface area contributed by atoms with E-state index in [9.17, 15) is 9.18 Å². The van der Waals surface area contributed by atoms with Crippen LogP contribution in [0.4, 0.5) is 4.39 Å². The number of carbonyl (C=O) groups excluding carboxylic acids is 1. The van der Waals surface area contributed by atoms with Crippen molar-refractivity contribution in [3.8, 4) is 0 Å². The first kappa shape index (κ1) is 12.6. The third-order valence-corrected chi connectivity index (χ3v) is 1.99. The number of aryl methyl sites for hydroxylation is 1. The van der Waals surface area contributed by atoms with Gasteiger partial charge in [-0.15, -0.1) is 0 Å². The fourth-order valence-electron chi connectivity index (χ4n) is 1.03. The van der Waals surface area contributed by atoms with Crippen molar-refractivity contribution >= 4 is 5.91 Å². The van der Waals surface area contributed by atoms with Gasteiger partial charge in [-0.25, -0.2) is 9.87 Å². The zero-order chi connectivity index (χ0) is 12.0. The van der Waals surface area contributed by atoms with Gasteiger partial charge in [0.1, 0.15) is 5.82 Å². The second-order valence-electron chi connectivity index (χ2n) is 3.24. The summed E-state index contributed by atoms with van der Waals surface area (Å²) in [5.41, 5.74) is 2.91. The summed E-state index contributed by atoms with van der Waals surface area (Å²) in [4.78, 5) is 16.2. The van der Waals surface area contributed by atoms with Gasteiger partial charge in [0.05, 0.1) is 13.2 Å². The van der Waals surface area contributed by atoms with Gasteiger partial charge in [0, 0.05) is 12.7 Å². The average molecular weight is 227 g/mol. The molecule has 0 aliphatic rings. The predicted molar refractivity (Wildman–Crippen MR) is 56.4 cm³/mol. The number of hydrogen-bond donors (Lipinski definition) is 1. The molecule has 16 heavy (non-hydrogen) atoms. The van der Waals surface area contributed by atoms with Gasteiger partial charge in [-0.05, 0) is 24.6 Å². The Morgan fingerprint density at radius 1 is 1.44 bits per heavy atom. The van der Waals surface area contributed by atoms with Crippen LogP contribution in [-0.2, 0) is 9.57 Å². The number of amides is 1. The smallest absolute Gasteiger partial charge is 0.274 e. The van der Waals surface area contributed by atoms with Gasteiger partial charge in [-0.1, -0.05) is 6.07 Å². The molecule has 0 spiro atoms. The lowest BCUT2D eigenvalue weighted by Crippen LogP contribution is -2.25. The van der Waals surface area contributed by atoms with Gasteiger partial charge in [0.25, 0.3) is 5.91 Å². The van der Waals surface area contributed by atoms with E-state index >= 15 is 0 Å². The third-order valence-electron chi connectivity index (χ3n) is 1.99. The van der Waals surface area contributed by atoms with Crippen molar-refractivity contribution in [1.29, 1.82) is 0 Å². The molecule has 1 aromatic carbocycles. The quantitative estimate of drug-likeness (QED) is 0.611. The number of hydroxylamine groups is 1. The minimum atomic E-state index is -0.477. The summed E-state index contributed by atoms with van der Waals surface area (Å²) in [5, 5.41) is 0. The van der Waals surface area contributed by atoms with Gasteiger partial charge < -0.3 is 4.74 Å². The molecule has 0 aromatic heterocycles. The monoisotopic (exact) mass is 227 g/mol. The Morgan fingerprint density at radius 3 is 2.81 bits per heavy atom. The first-order valence-corrected chi connectivity index (χ1v) is 4.82. The number of ether oxygens (including phenoxy) is 1. The standard InChI is InChI=1S/C11H14FNO3/c1-8-3-4-9(7-10(8)12)11(14)13-16-6-5-15-2/h3-4,7H,5-6H2,1-2H3,(H,13,14). The minimum Gasteiger partial charge on any atom is -0.382 e. The van der Waals surface area contributed by atoms with E-state index in [0.717, 1.165) is 0 Å². The Kier molecular flexibility index (Phi) is 4.88. The number of halogens is 1. The van der Waals surface area contributed by atoms with Crippen molar-refractivity contribution < 1.29 is 18.8 Å². The fourth-order valence-corrected chi connectivity index (χ4v) is 1.03. The molecule has 88 valence electrons. The maximum Gasteiger partial charge on any atom is 0.274 e. The number of benzene rings is 1. The number of carbonyl (C=O) groups is 1. The Morgan fingerprint density at radius 2 is 2.19 bits per heavy atom. The molecule has 0 unspecified atom stereocenters. The summed E-state index contributed by atoms with van der Waals surface area (Å²) in [6.45, 7) is 2.26. The van der Waals surface area contributed by atoms with Crippen LogP contribution in [0.3, 0.4) is 0 Å². The molecule has 0 atom stereocenters. The maximum absolute atomic E-state index is 13.1. The topological polar surface area (TPSA) is 47.6 Å². The summed E-state index contributed by atoms with van der Waals surface area (Å²) in [5.74, 6) is -0.889. The van der Waals surface area contributed by atoms with Crippen molar-refractivity contribution in [3.05, 3.63) is 35.1 Å². The lowest BCUT2D eigenvalue weighted by atomic mass is 10.1. The van der Waals surface area contributed by atoms with Crippen molar-refractivity contribution in [3.63, 3.8) is 0 Å². The predicted octanol–water partition coefficient (Wildman–Crippen LogP) is 1.44. The lowest BCUT2D eigenvalue weighted by Gasteiger charge is -2.06. The van der Waals surface area contributed by atoms with Gasteiger partial charge in [0.15, 0.2) is 0 Å². The van der Waals surface area contributed by atoms with Crippen LogP contribution < -0.4 is 5.48 Å². The van der Waals surface area contributed by atoms with Crippen LogP contribution in [0.1, 0.15) is 15.9 Å². The van der Waals surface area contributed by atoms with E-state index < -0.39 is 11.7 Å². The van der Waals surface area contributed by atoms with Gasteiger partial charge in [-0.2, -0.15) is 0 Å². The van der Waals surface area contributed by atoms with E-state index in [-0.39, 0.29) is 12.2 Å². The molecule has 0 saturated heterocycles. The molecule has 0 heterocycles. The summed E-state index contributed by atoms with van der Waals surface area (Å²) >= 11 is 0. The van der Waals surface area contributed by atoms with Gasteiger partial charge in [0.2, 0.25) is 0 Å². The van der Waals surface area contributed by atoms with Crippen molar-refractivity contribution in [2.24, 2.45) is 0 Å². The number of methoxy groups -OCH3 is 1. The van der Waals surface area contributed by atoms with Gasteiger partial charge in [-0.3, -0.25) is 9.63 Å². The van der Waals surface area contributed by atoms with Crippen molar-refractivity contribution in [1.82, 2.24) is 5.48 Å². The van der Waals surface area contributed by atoms with Gasteiger partial charge >= 0.3 is 0 Å². The molecule has 0 aliphatic heterocycles. The van der Waals surface area contributed by atoms with Crippen molar-refractivity contribution in [2.45, 2.75) is 6.92 Å². The second-order valence-corrected chi connectivity index (χ2v) is 3.24. The first-order chi connectivity index (χ1) is 7.65. The zero-order valence-corrected chi connectivity index (χ0v) is 9.25. The molecule has 0 aliphatic carbocycles. The SMILES string of the molecule is COCCONC(=O)c1ccc(C)c(F)c1. The van der Waals surface area contributed by atoms with Crippen LogP contribution in [-0.4, -0.2) is 26.2 Å². The van der Waals surface area contributed by atoms with E-state index in [1.165, 1.54) is 19.2 Å². The highest BCUT2D eigenvalue weighted by molar-refractivity contribution is 5.93. The third kappa shape index (κ3) is 3.60. The number of rotatable bonds is 5. The normalized spacial score (nSPS) is 10.2. The summed E-state index contributed by atoms with van der Waals surface area (Å²) in [6, 6.07) is 4.25. The number of hydrogen-bond acceptors (Lipinski definition) is 3. The van der Waals surface area contributed by atoms with E-state index in [0.29, 0.717) is 12.2 Å².